The number of esters is 1. The highest BCUT2D eigenvalue weighted by Gasteiger charge is 2.19. The molecule has 27 heavy (non-hydrogen) atoms. The zero-order valence-corrected chi connectivity index (χ0v) is 15.4. The molecule has 2 aromatic rings. The van der Waals surface area contributed by atoms with Crippen molar-refractivity contribution in [1.29, 1.82) is 5.26 Å². The molecule has 0 amide bonds. The topological polar surface area (TPSA) is 117 Å². The van der Waals surface area contributed by atoms with Crippen molar-refractivity contribution < 1.29 is 14.6 Å². The first-order valence-electron chi connectivity index (χ1n) is 8.50. The summed E-state index contributed by atoms with van der Waals surface area (Å²) in [6, 6.07) is 8.35. The summed E-state index contributed by atoms with van der Waals surface area (Å²) in [4.78, 5) is 24.7. The third kappa shape index (κ3) is 4.03. The van der Waals surface area contributed by atoms with E-state index in [2.05, 4.69) is 10.2 Å². The van der Waals surface area contributed by atoms with E-state index in [-0.39, 0.29) is 47.1 Å². The summed E-state index contributed by atoms with van der Waals surface area (Å²) >= 11 is 0. The monoisotopic (exact) mass is 368 g/mol. The lowest BCUT2D eigenvalue weighted by atomic mass is 10.1. The van der Waals surface area contributed by atoms with E-state index < -0.39 is 11.5 Å². The fraction of sp³-hybridized carbons (Fsp3) is 0.316. The Morgan fingerprint density at radius 3 is 2.63 bits per heavy atom. The highest BCUT2D eigenvalue weighted by molar-refractivity contribution is 5.94. The maximum Gasteiger partial charge on any atom is 0.340 e. The number of benzene rings is 1. The SMILES string of the molecule is CCCn1c(O)c(C#N)c(C)c(N=Nc2ccccc2C(=O)OCC)c1=O. The van der Waals surface area contributed by atoms with Gasteiger partial charge in [0.2, 0.25) is 5.88 Å². The van der Waals surface area contributed by atoms with Gasteiger partial charge in [0.25, 0.3) is 5.56 Å². The summed E-state index contributed by atoms with van der Waals surface area (Å²) < 4.78 is 6.08. The van der Waals surface area contributed by atoms with E-state index in [9.17, 15) is 20.0 Å². The van der Waals surface area contributed by atoms with Gasteiger partial charge in [-0.2, -0.15) is 5.26 Å². The number of pyridine rings is 1. The van der Waals surface area contributed by atoms with E-state index in [1.54, 1.807) is 31.2 Å². The van der Waals surface area contributed by atoms with Gasteiger partial charge in [0.15, 0.2) is 5.69 Å². The lowest BCUT2D eigenvalue weighted by Gasteiger charge is -2.12. The van der Waals surface area contributed by atoms with Crippen LogP contribution in [0.5, 0.6) is 5.88 Å². The van der Waals surface area contributed by atoms with Gasteiger partial charge in [0, 0.05) is 12.1 Å². The van der Waals surface area contributed by atoms with E-state index in [1.165, 1.54) is 6.92 Å². The number of carbonyl (C=O) groups excluding carboxylic acids is 1. The van der Waals surface area contributed by atoms with Crippen molar-refractivity contribution in [3.63, 3.8) is 0 Å². The van der Waals surface area contributed by atoms with Gasteiger partial charge in [-0.25, -0.2) is 4.79 Å². The normalized spacial score (nSPS) is 10.7. The van der Waals surface area contributed by atoms with Crippen LogP contribution >= 0.6 is 0 Å². The van der Waals surface area contributed by atoms with E-state index in [4.69, 9.17) is 4.74 Å². The summed E-state index contributed by atoms with van der Waals surface area (Å²) in [7, 11) is 0. The number of nitrogens with zero attached hydrogens (tertiary/aromatic N) is 4. The molecular weight excluding hydrogens is 348 g/mol. The van der Waals surface area contributed by atoms with Crippen LogP contribution in [0.15, 0.2) is 39.3 Å². The van der Waals surface area contributed by atoms with Gasteiger partial charge < -0.3 is 9.84 Å². The average Bonchev–Trinajstić information content (AvgIpc) is 2.66. The van der Waals surface area contributed by atoms with Gasteiger partial charge in [-0.3, -0.25) is 9.36 Å². The molecule has 0 unspecified atom stereocenters. The van der Waals surface area contributed by atoms with Crippen LogP contribution in [0.4, 0.5) is 11.4 Å². The maximum atomic E-state index is 12.7. The van der Waals surface area contributed by atoms with Crippen LogP contribution in [-0.2, 0) is 11.3 Å². The summed E-state index contributed by atoms with van der Waals surface area (Å²) in [5.74, 6) is -0.927. The molecule has 1 N–H and O–H groups in total. The van der Waals surface area contributed by atoms with Crippen LogP contribution in [0.3, 0.4) is 0 Å². The number of aromatic hydroxyl groups is 1. The third-order valence-electron chi connectivity index (χ3n) is 3.87. The number of nitriles is 1. The fourth-order valence-corrected chi connectivity index (χ4v) is 2.53. The van der Waals surface area contributed by atoms with Crippen LogP contribution in [0.2, 0.25) is 0 Å². The zero-order valence-electron chi connectivity index (χ0n) is 15.4. The number of rotatable bonds is 6. The molecular formula is C19H20N4O4. The first-order chi connectivity index (χ1) is 13.0. The molecule has 0 spiro atoms. The molecule has 0 aliphatic carbocycles. The van der Waals surface area contributed by atoms with Gasteiger partial charge in [-0.15, -0.1) is 10.2 Å². The molecule has 0 atom stereocenters. The summed E-state index contributed by atoms with van der Waals surface area (Å²) in [5.41, 5.74) is 0.0392. The Labute approximate surface area is 156 Å². The zero-order chi connectivity index (χ0) is 20.0. The summed E-state index contributed by atoms with van der Waals surface area (Å²) in [6.07, 6.45) is 0.587. The van der Waals surface area contributed by atoms with Crippen LogP contribution in [0.1, 0.15) is 41.8 Å². The van der Waals surface area contributed by atoms with Crippen molar-refractivity contribution in [2.75, 3.05) is 6.61 Å². The van der Waals surface area contributed by atoms with Crippen molar-refractivity contribution in [3.05, 3.63) is 51.3 Å². The second-order valence-electron chi connectivity index (χ2n) is 5.68. The van der Waals surface area contributed by atoms with Gasteiger partial charge in [-0.1, -0.05) is 19.1 Å². The number of carbonyl (C=O) groups is 1. The highest BCUT2D eigenvalue weighted by Crippen LogP contribution is 2.28. The Morgan fingerprint density at radius 1 is 1.30 bits per heavy atom. The Kier molecular flexibility index (Phi) is 6.44. The van der Waals surface area contributed by atoms with Gasteiger partial charge in [0.05, 0.1) is 12.2 Å². The summed E-state index contributed by atoms with van der Waals surface area (Å²) in [6.45, 7) is 5.51. The summed E-state index contributed by atoms with van der Waals surface area (Å²) in [5, 5.41) is 27.5. The van der Waals surface area contributed by atoms with E-state index in [0.717, 1.165) is 4.57 Å². The van der Waals surface area contributed by atoms with E-state index >= 15 is 0 Å². The van der Waals surface area contributed by atoms with Crippen molar-refractivity contribution in [3.8, 4) is 11.9 Å². The molecule has 0 radical (unpaired) electrons. The Morgan fingerprint density at radius 2 is 2.00 bits per heavy atom. The molecule has 8 heteroatoms. The van der Waals surface area contributed by atoms with Crippen molar-refractivity contribution in [1.82, 2.24) is 4.57 Å². The minimum Gasteiger partial charge on any atom is -0.493 e. The minimum absolute atomic E-state index is 0.0318. The fourth-order valence-electron chi connectivity index (χ4n) is 2.53. The van der Waals surface area contributed by atoms with Gasteiger partial charge in [0.1, 0.15) is 17.3 Å². The Bertz CT molecular complexity index is 986. The molecule has 1 heterocycles. The minimum atomic E-state index is -0.553. The largest absolute Gasteiger partial charge is 0.493 e. The lowest BCUT2D eigenvalue weighted by Crippen LogP contribution is -2.21. The molecule has 1 aromatic heterocycles. The first-order valence-corrected chi connectivity index (χ1v) is 8.50. The highest BCUT2D eigenvalue weighted by atomic mass is 16.5. The number of hydrogen-bond donors (Lipinski definition) is 1. The number of azo groups is 1. The second kappa shape index (κ2) is 8.76. The molecule has 140 valence electrons. The second-order valence-corrected chi connectivity index (χ2v) is 5.68. The lowest BCUT2D eigenvalue weighted by molar-refractivity contribution is 0.0527. The molecule has 8 nitrogen and oxygen atoms in total. The molecule has 1 aromatic carbocycles. The molecule has 0 bridgehead atoms. The number of ether oxygens (including phenoxy) is 1. The van der Waals surface area contributed by atoms with Gasteiger partial charge in [-0.05, 0) is 32.4 Å². The van der Waals surface area contributed by atoms with Crippen molar-refractivity contribution in [2.24, 2.45) is 10.2 Å². The Hall–Kier alpha value is -3.47. The first kappa shape index (κ1) is 19.8. The molecule has 2 rings (SSSR count). The average molecular weight is 368 g/mol. The predicted molar refractivity (Wildman–Crippen MR) is 98.7 cm³/mol. The third-order valence-corrected chi connectivity index (χ3v) is 3.87. The molecule has 0 aliphatic rings. The number of aromatic nitrogens is 1. The van der Waals surface area contributed by atoms with Crippen LogP contribution in [-0.4, -0.2) is 22.2 Å². The molecule has 0 aliphatic heterocycles. The van der Waals surface area contributed by atoms with Crippen LogP contribution in [0.25, 0.3) is 0 Å². The Balaban J connectivity index is 2.59. The van der Waals surface area contributed by atoms with Gasteiger partial charge >= 0.3 is 5.97 Å². The molecule has 0 saturated carbocycles. The van der Waals surface area contributed by atoms with Crippen LogP contribution < -0.4 is 5.56 Å². The molecule has 0 fully saturated rings. The van der Waals surface area contributed by atoms with Crippen molar-refractivity contribution >= 4 is 17.3 Å². The van der Waals surface area contributed by atoms with E-state index in [1.807, 2.05) is 13.0 Å². The maximum absolute atomic E-state index is 12.7. The smallest absolute Gasteiger partial charge is 0.340 e. The van der Waals surface area contributed by atoms with Crippen molar-refractivity contribution in [2.45, 2.75) is 33.7 Å². The quantitative estimate of drug-likeness (QED) is 0.616. The molecule has 0 saturated heterocycles. The predicted octanol–water partition coefficient (Wildman–Crippen LogP) is 3.74. The van der Waals surface area contributed by atoms with E-state index in [0.29, 0.717) is 6.42 Å². The van der Waals surface area contributed by atoms with Crippen LogP contribution in [0, 0.1) is 18.3 Å². The standard InChI is InChI=1S/C19H20N4O4/c1-4-10-23-17(24)14(11-20)12(3)16(18(23)25)22-21-15-9-7-6-8-13(15)19(26)27-5-2/h6-9,24H,4-5,10H2,1-3H3. The number of hydrogen-bond acceptors (Lipinski definition) is 7.